The molecule has 0 aromatic heterocycles. The fourth-order valence-corrected chi connectivity index (χ4v) is 1.35. The van der Waals surface area contributed by atoms with Crippen LogP contribution in [-0.4, -0.2) is 18.4 Å². The Kier molecular flexibility index (Phi) is 3.69. The summed E-state index contributed by atoms with van der Waals surface area (Å²) in [4.78, 5) is 3.88. The van der Waals surface area contributed by atoms with E-state index < -0.39 is 0 Å². The quantitative estimate of drug-likeness (QED) is 0.732. The van der Waals surface area contributed by atoms with E-state index in [1.165, 1.54) is 5.56 Å². The molecule has 0 saturated carbocycles. The summed E-state index contributed by atoms with van der Waals surface area (Å²) in [5.74, 6) is 0.807. The van der Waals surface area contributed by atoms with Crippen molar-refractivity contribution in [2.75, 3.05) is 7.05 Å². The van der Waals surface area contributed by atoms with Gasteiger partial charge in [0.15, 0.2) is 0 Å². The molecule has 0 fully saturated rings. The van der Waals surface area contributed by atoms with Gasteiger partial charge in [-0.1, -0.05) is 19.9 Å². The van der Waals surface area contributed by atoms with Gasteiger partial charge in [-0.3, -0.25) is 4.99 Å². The Morgan fingerprint density at radius 2 is 2.21 bits per heavy atom. The van der Waals surface area contributed by atoms with Gasteiger partial charge in [-0.2, -0.15) is 0 Å². The van der Waals surface area contributed by atoms with Crippen molar-refractivity contribution in [1.82, 2.24) is 0 Å². The standard InChI is InChI=1S/C12H17NO/c1-4-9(2)10-5-6-11(8-13-3)12(14)7-10/h5-9,14H,4H2,1-3H3. The van der Waals surface area contributed by atoms with Gasteiger partial charge in [0.2, 0.25) is 0 Å². The summed E-state index contributed by atoms with van der Waals surface area (Å²) in [6.45, 7) is 4.30. The molecular formula is C12H17NO. The molecule has 1 unspecified atom stereocenters. The molecule has 0 radical (unpaired) electrons. The van der Waals surface area contributed by atoms with Gasteiger partial charge >= 0.3 is 0 Å². The maximum absolute atomic E-state index is 9.68. The average Bonchev–Trinajstić information content (AvgIpc) is 2.20. The Hall–Kier alpha value is -1.31. The van der Waals surface area contributed by atoms with Crippen LogP contribution in [0.3, 0.4) is 0 Å². The van der Waals surface area contributed by atoms with Crippen molar-refractivity contribution in [3.63, 3.8) is 0 Å². The number of aliphatic imine (C=N–C) groups is 1. The molecular weight excluding hydrogens is 174 g/mol. The minimum absolute atomic E-state index is 0.313. The zero-order chi connectivity index (χ0) is 10.6. The Balaban J connectivity index is 3.00. The van der Waals surface area contributed by atoms with Gasteiger partial charge in [-0.15, -0.1) is 0 Å². The monoisotopic (exact) mass is 191 g/mol. The van der Waals surface area contributed by atoms with E-state index in [0.717, 1.165) is 12.0 Å². The van der Waals surface area contributed by atoms with E-state index in [0.29, 0.717) is 11.7 Å². The molecule has 1 aromatic rings. The number of phenolic OH excluding ortho intramolecular Hbond substituents is 1. The van der Waals surface area contributed by atoms with Gasteiger partial charge in [0.25, 0.3) is 0 Å². The molecule has 1 rings (SSSR count). The first-order valence-corrected chi connectivity index (χ1v) is 4.94. The second-order valence-corrected chi connectivity index (χ2v) is 3.51. The molecule has 1 atom stereocenters. The fraction of sp³-hybridized carbons (Fsp3) is 0.417. The van der Waals surface area contributed by atoms with E-state index in [4.69, 9.17) is 0 Å². The van der Waals surface area contributed by atoms with Gasteiger partial charge in [-0.25, -0.2) is 0 Å². The summed E-state index contributed by atoms with van der Waals surface area (Å²) in [6, 6.07) is 5.78. The van der Waals surface area contributed by atoms with E-state index in [-0.39, 0.29) is 0 Å². The topological polar surface area (TPSA) is 32.6 Å². The number of phenols is 1. The molecule has 0 amide bonds. The largest absolute Gasteiger partial charge is 0.507 e. The predicted molar refractivity (Wildman–Crippen MR) is 60.3 cm³/mol. The third kappa shape index (κ3) is 2.34. The number of nitrogens with zero attached hydrogens (tertiary/aromatic N) is 1. The fourth-order valence-electron chi connectivity index (χ4n) is 1.35. The SMILES string of the molecule is CCC(C)c1ccc(C=NC)c(O)c1. The highest BCUT2D eigenvalue weighted by atomic mass is 16.3. The summed E-state index contributed by atoms with van der Waals surface area (Å²) in [5.41, 5.74) is 1.96. The van der Waals surface area contributed by atoms with Crippen molar-refractivity contribution in [2.24, 2.45) is 4.99 Å². The molecule has 14 heavy (non-hydrogen) atoms. The third-order valence-electron chi connectivity index (χ3n) is 2.50. The lowest BCUT2D eigenvalue weighted by atomic mass is 9.97. The summed E-state index contributed by atoms with van der Waals surface area (Å²) < 4.78 is 0. The third-order valence-corrected chi connectivity index (χ3v) is 2.50. The molecule has 0 aliphatic carbocycles. The van der Waals surface area contributed by atoms with Crippen LogP contribution in [0, 0.1) is 0 Å². The number of benzene rings is 1. The summed E-state index contributed by atoms with van der Waals surface area (Å²) in [6.07, 6.45) is 2.75. The maximum atomic E-state index is 9.68. The van der Waals surface area contributed by atoms with Gasteiger partial charge in [0, 0.05) is 18.8 Å². The second-order valence-electron chi connectivity index (χ2n) is 3.51. The van der Waals surface area contributed by atoms with Crippen LogP contribution < -0.4 is 0 Å². The number of hydrogen-bond donors (Lipinski definition) is 1. The van der Waals surface area contributed by atoms with Gasteiger partial charge in [0.05, 0.1) is 0 Å². The normalized spacial score (nSPS) is 13.4. The van der Waals surface area contributed by atoms with Crippen molar-refractivity contribution >= 4 is 6.21 Å². The highest BCUT2D eigenvalue weighted by Gasteiger charge is 2.05. The van der Waals surface area contributed by atoms with Gasteiger partial charge in [-0.05, 0) is 30.0 Å². The molecule has 0 heterocycles. The van der Waals surface area contributed by atoms with E-state index >= 15 is 0 Å². The molecule has 0 spiro atoms. The van der Waals surface area contributed by atoms with Crippen LogP contribution in [0.2, 0.25) is 0 Å². The Bertz CT molecular complexity index is 331. The van der Waals surface area contributed by atoms with E-state index in [2.05, 4.69) is 18.8 Å². The van der Waals surface area contributed by atoms with E-state index in [1.54, 1.807) is 13.3 Å². The minimum Gasteiger partial charge on any atom is -0.507 e. The summed E-state index contributed by atoms with van der Waals surface area (Å²) in [7, 11) is 1.70. The maximum Gasteiger partial charge on any atom is 0.124 e. The lowest BCUT2D eigenvalue weighted by Crippen LogP contribution is -1.92. The van der Waals surface area contributed by atoms with Crippen LogP contribution in [0.1, 0.15) is 37.3 Å². The molecule has 0 aliphatic heterocycles. The van der Waals surface area contributed by atoms with Gasteiger partial charge in [0.1, 0.15) is 5.75 Å². The first kappa shape index (κ1) is 10.8. The first-order chi connectivity index (χ1) is 6.69. The average molecular weight is 191 g/mol. The minimum atomic E-state index is 0.313. The molecule has 2 nitrogen and oxygen atoms in total. The van der Waals surface area contributed by atoms with Crippen molar-refractivity contribution in [3.05, 3.63) is 29.3 Å². The zero-order valence-corrected chi connectivity index (χ0v) is 8.99. The van der Waals surface area contributed by atoms with Crippen LogP contribution >= 0.6 is 0 Å². The molecule has 1 N–H and O–H groups in total. The molecule has 0 bridgehead atoms. The van der Waals surface area contributed by atoms with Gasteiger partial charge < -0.3 is 5.11 Å². The van der Waals surface area contributed by atoms with Crippen LogP contribution in [0.5, 0.6) is 5.75 Å². The summed E-state index contributed by atoms with van der Waals surface area (Å²) in [5, 5.41) is 9.68. The highest BCUT2D eigenvalue weighted by molar-refractivity contribution is 5.83. The summed E-state index contributed by atoms with van der Waals surface area (Å²) >= 11 is 0. The molecule has 1 aromatic carbocycles. The van der Waals surface area contributed by atoms with Crippen LogP contribution in [0.25, 0.3) is 0 Å². The van der Waals surface area contributed by atoms with E-state index in [9.17, 15) is 5.11 Å². The zero-order valence-electron chi connectivity index (χ0n) is 8.99. The number of rotatable bonds is 3. The van der Waals surface area contributed by atoms with Crippen molar-refractivity contribution in [2.45, 2.75) is 26.2 Å². The number of aromatic hydroxyl groups is 1. The van der Waals surface area contributed by atoms with Crippen LogP contribution in [0.15, 0.2) is 23.2 Å². The molecule has 2 heteroatoms. The number of hydrogen-bond acceptors (Lipinski definition) is 2. The second kappa shape index (κ2) is 4.80. The molecule has 76 valence electrons. The Labute approximate surface area is 85.3 Å². The lowest BCUT2D eigenvalue weighted by Gasteiger charge is -2.09. The molecule has 0 aliphatic rings. The van der Waals surface area contributed by atoms with Crippen molar-refractivity contribution in [1.29, 1.82) is 0 Å². The Morgan fingerprint density at radius 3 is 2.71 bits per heavy atom. The predicted octanol–water partition coefficient (Wildman–Crippen LogP) is 2.95. The van der Waals surface area contributed by atoms with Crippen molar-refractivity contribution in [3.8, 4) is 5.75 Å². The van der Waals surface area contributed by atoms with E-state index in [1.807, 2.05) is 18.2 Å². The Morgan fingerprint density at radius 1 is 1.50 bits per heavy atom. The first-order valence-electron chi connectivity index (χ1n) is 4.94. The lowest BCUT2D eigenvalue weighted by molar-refractivity contribution is 0.473. The van der Waals surface area contributed by atoms with Crippen molar-refractivity contribution < 1.29 is 5.11 Å². The van der Waals surface area contributed by atoms with Crippen LogP contribution in [-0.2, 0) is 0 Å². The van der Waals surface area contributed by atoms with Crippen LogP contribution in [0.4, 0.5) is 0 Å². The smallest absolute Gasteiger partial charge is 0.124 e. The highest BCUT2D eigenvalue weighted by Crippen LogP contribution is 2.24. The molecule has 0 saturated heterocycles.